The molecule has 8 atom stereocenters. The quantitative estimate of drug-likeness (QED) is 0.535. The fraction of sp³-hybridized carbons (Fsp3) is 0.593. The molecular formula is C27H29F3O6S. The summed E-state index contributed by atoms with van der Waals surface area (Å²) in [4.78, 5) is 38.5. The van der Waals surface area contributed by atoms with E-state index >= 15 is 8.78 Å². The largest absolute Gasteiger partial charge is 0.457 e. The van der Waals surface area contributed by atoms with Gasteiger partial charge in [-0.25, -0.2) is 18.0 Å². The molecule has 1 heterocycles. The molecule has 4 aliphatic carbocycles. The molecule has 5 rings (SSSR count). The molecule has 37 heavy (non-hydrogen) atoms. The molecule has 200 valence electrons. The van der Waals surface area contributed by atoms with Gasteiger partial charge in [-0.05, 0) is 87.1 Å². The molecule has 10 heteroatoms. The van der Waals surface area contributed by atoms with Crippen molar-refractivity contribution in [3.8, 4) is 0 Å². The Morgan fingerprint density at radius 1 is 1.22 bits per heavy atom. The number of hydrogen-bond acceptors (Lipinski definition) is 7. The van der Waals surface area contributed by atoms with E-state index in [-0.39, 0.29) is 37.0 Å². The average Bonchev–Trinajstić information content (AvgIpc) is 3.45. The molecule has 0 spiro atoms. The van der Waals surface area contributed by atoms with Crippen LogP contribution in [0.4, 0.5) is 13.2 Å². The lowest BCUT2D eigenvalue weighted by molar-refractivity contribution is -0.225. The highest BCUT2D eigenvalue weighted by molar-refractivity contribution is 8.13. The molecule has 3 saturated carbocycles. The van der Waals surface area contributed by atoms with Gasteiger partial charge in [0.1, 0.15) is 11.7 Å². The second-order valence-corrected chi connectivity index (χ2v) is 12.2. The highest BCUT2D eigenvalue weighted by Gasteiger charge is 2.77. The predicted molar refractivity (Wildman–Crippen MR) is 129 cm³/mol. The average molecular weight is 539 g/mol. The lowest BCUT2D eigenvalue weighted by Gasteiger charge is -2.64. The van der Waals surface area contributed by atoms with Gasteiger partial charge in [-0.1, -0.05) is 13.0 Å². The number of halogens is 3. The normalized spacial score (nSPS) is 44.5. The number of fused-ring (bicyclic) bond motifs is 5. The van der Waals surface area contributed by atoms with Gasteiger partial charge in [0.2, 0.25) is 10.9 Å². The van der Waals surface area contributed by atoms with E-state index in [1.165, 1.54) is 44.4 Å². The lowest BCUT2D eigenvalue weighted by Crippen LogP contribution is -2.71. The van der Waals surface area contributed by atoms with Crippen LogP contribution in [-0.2, 0) is 14.3 Å². The number of thioether (sulfide) groups is 1. The summed E-state index contributed by atoms with van der Waals surface area (Å²) in [6.45, 7) is 4.41. The second-order valence-electron chi connectivity index (χ2n) is 11.3. The Kier molecular flexibility index (Phi) is 5.92. The molecule has 6 nitrogen and oxygen atoms in total. The number of aliphatic hydroxyl groups excluding tert-OH is 1. The molecule has 1 N–H and O–H groups in total. The summed E-state index contributed by atoms with van der Waals surface area (Å²) in [5, 5.41) is 10.7. The summed E-state index contributed by atoms with van der Waals surface area (Å²) >= 11 is 0.347. The number of carbonyl (C=O) groups is 3. The van der Waals surface area contributed by atoms with Gasteiger partial charge < -0.3 is 14.3 Å². The number of ketones is 1. The third-order valence-electron chi connectivity index (χ3n) is 9.57. The number of aliphatic hydroxyl groups is 1. The van der Waals surface area contributed by atoms with Crippen molar-refractivity contribution in [3.63, 3.8) is 0 Å². The minimum absolute atomic E-state index is 0.0218. The molecule has 0 bridgehead atoms. The van der Waals surface area contributed by atoms with Crippen LogP contribution < -0.4 is 0 Å². The van der Waals surface area contributed by atoms with Crippen LogP contribution in [0.5, 0.6) is 0 Å². The molecule has 4 aliphatic rings. The summed E-state index contributed by atoms with van der Waals surface area (Å²) in [5.74, 6) is -3.31. The summed E-state index contributed by atoms with van der Waals surface area (Å²) in [5.41, 5.74) is -9.27. The molecule has 0 saturated heterocycles. The van der Waals surface area contributed by atoms with E-state index in [1.54, 1.807) is 6.92 Å². The van der Waals surface area contributed by atoms with Crippen molar-refractivity contribution >= 4 is 28.6 Å². The molecule has 1 aromatic heterocycles. The van der Waals surface area contributed by atoms with E-state index in [0.717, 1.165) is 6.08 Å². The minimum Gasteiger partial charge on any atom is -0.457 e. The summed E-state index contributed by atoms with van der Waals surface area (Å²) in [6, 6.07) is 1.77. The fourth-order valence-electron chi connectivity index (χ4n) is 7.88. The zero-order chi connectivity index (χ0) is 27.0. The number of allylic oxidation sites excluding steroid dienone is 4. The van der Waals surface area contributed by atoms with Crippen LogP contribution in [0.2, 0.25) is 0 Å². The first-order valence-corrected chi connectivity index (χ1v) is 13.3. The molecular weight excluding hydrogens is 509 g/mol. The zero-order valence-corrected chi connectivity index (χ0v) is 21.6. The van der Waals surface area contributed by atoms with Crippen LogP contribution in [0.3, 0.4) is 0 Å². The van der Waals surface area contributed by atoms with Crippen molar-refractivity contribution in [1.82, 2.24) is 0 Å². The van der Waals surface area contributed by atoms with Gasteiger partial charge in [-0.3, -0.25) is 9.59 Å². The first-order valence-electron chi connectivity index (χ1n) is 12.3. The van der Waals surface area contributed by atoms with E-state index in [0.29, 0.717) is 11.8 Å². The van der Waals surface area contributed by atoms with E-state index < -0.39 is 68.6 Å². The smallest absolute Gasteiger partial charge is 0.375 e. The number of ether oxygens (including phenoxy) is 1. The van der Waals surface area contributed by atoms with Crippen molar-refractivity contribution in [3.05, 3.63) is 48.0 Å². The minimum atomic E-state index is -2.36. The Bertz CT molecular complexity index is 1210. The third kappa shape index (κ3) is 3.33. The van der Waals surface area contributed by atoms with E-state index in [2.05, 4.69) is 0 Å². The van der Waals surface area contributed by atoms with Crippen LogP contribution in [-0.4, -0.2) is 51.0 Å². The van der Waals surface area contributed by atoms with Gasteiger partial charge in [-0.15, -0.1) is 0 Å². The van der Waals surface area contributed by atoms with Crippen molar-refractivity contribution in [2.45, 2.75) is 69.5 Å². The molecule has 3 unspecified atom stereocenters. The SMILES string of the molecule is CC1(F)C[C@H]2[C@@H]3CCC(OC(=O)c4ccco4)(C(=O)SCF)[C@@]3(C)CC(O)[C@]2(F)[C@@]2(C)C=CC(=O)C=C12. The third-order valence-corrected chi connectivity index (χ3v) is 10.3. The van der Waals surface area contributed by atoms with Crippen LogP contribution in [0.15, 0.2) is 46.6 Å². The van der Waals surface area contributed by atoms with E-state index in [9.17, 15) is 23.9 Å². The van der Waals surface area contributed by atoms with Crippen LogP contribution in [0.1, 0.15) is 57.0 Å². The van der Waals surface area contributed by atoms with Crippen LogP contribution in [0.25, 0.3) is 0 Å². The molecule has 0 amide bonds. The number of hydrogen-bond donors (Lipinski definition) is 1. The van der Waals surface area contributed by atoms with Gasteiger partial charge in [0.25, 0.3) is 0 Å². The summed E-state index contributed by atoms with van der Waals surface area (Å²) in [7, 11) is 0. The first-order chi connectivity index (χ1) is 17.3. The van der Waals surface area contributed by atoms with Gasteiger partial charge >= 0.3 is 5.97 Å². The van der Waals surface area contributed by atoms with Gasteiger partial charge in [-0.2, -0.15) is 0 Å². The molecule has 0 aliphatic heterocycles. The molecule has 3 fully saturated rings. The number of alkyl halides is 3. The molecule has 1 aromatic rings. The summed E-state index contributed by atoms with van der Waals surface area (Å²) < 4.78 is 58.0. The lowest BCUT2D eigenvalue weighted by atomic mass is 9.43. The van der Waals surface area contributed by atoms with Crippen molar-refractivity contribution in [2.24, 2.45) is 22.7 Å². The van der Waals surface area contributed by atoms with Crippen LogP contribution >= 0.6 is 11.8 Å². The van der Waals surface area contributed by atoms with Crippen LogP contribution in [0, 0.1) is 22.7 Å². The van der Waals surface area contributed by atoms with Crippen molar-refractivity contribution in [2.75, 3.05) is 6.01 Å². The number of furan rings is 1. The maximum absolute atomic E-state index is 17.4. The summed E-state index contributed by atoms with van der Waals surface area (Å²) in [6.07, 6.45) is 2.74. The number of rotatable bonds is 4. The predicted octanol–water partition coefficient (Wildman–Crippen LogP) is 5.07. The van der Waals surface area contributed by atoms with E-state index in [1.807, 2.05) is 0 Å². The van der Waals surface area contributed by atoms with Gasteiger partial charge in [0, 0.05) is 16.7 Å². The van der Waals surface area contributed by atoms with Crippen molar-refractivity contribution in [1.29, 1.82) is 0 Å². The van der Waals surface area contributed by atoms with E-state index in [4.69, 9.17) is 9.15 Å². The van der Waals surface area contributed by atoms with Crippen molar-refractivity contribution < 1.29 is 41.8 Å². The second kappa shape index (κ2) is 8.33. The standard InChI is InChI=1S/C27H29F3O6S/c1-23-8-6-15(31)11-19(23)25(3,29)12-17-16-7-9-26(22(34)37-14-28,36-21(33)18-5-4-10-35-18)24(16,2)13-20(32)27(17,23)30/h4-6,8,10-11,16-17,20,32H,7,9,12-14H2,1-3H3/t16-,17-,20?,23-,24-,25?,26?,27-/m0/s1. The van der Waals surface area contributed by atoms with Gasteiger partial charge in [0.05, 0.1) is 12.4 Å². The maximum Gasteiger partial charge on any atom is 0.375 e. The monoisotopic (exact) mass is 538 g/mol. The molecule has 0 aromatic carbocycles. The Labute approximate surface area is 216 Å². The number of carbonyl (C=O) groups excluding carboxylic acids is 3. The zero-order valence-electron chi connectivity index (χ0n) is 20.8. The maximum atomic E-state index is 17.4. The van der Waals surface area contributed by atoms with Gasteiger partial charge in [0.15, 0.2) is 17.1 Å². The fourth-order valence-corrected chi connectivity index (χ4v) is 8.59. The Hall–Kier alpha value is -2.33. The molecule has 0 radical (unpaired) electrons. The first kappa shape index (κ1) is 26.3. The Balaban J connectivity index is 1.62. The Morgan fingerprint density at radius 3 is 2.59 bits per heavy atom. The topological polar surface area (TPSA) is 93.8 Å². The number of esters is 1. The Morgan fingerprint density at radius 2 is 1.95 bits per heavy atom. The highest BCUT2D eigenvalue weighted by Crippen LogP contribution is 2.72. The highest BCUT2D eigenvalue weighted by atomic mass is 32.2.